The summed E-state index contributed by atoms with van der Waals surface area (Å²) in [6.07, 6.45) is 0.734. The van der Waals surface area contributed by atoms with Gasteiger partial charge in [-0.15, -0.1) is 0 Å². The van der Waals surface area contributed by atoms with Gasteiger partial charge in [0.05, 0.1) is 11.6 Å². The molecule has 0 saturated carbocycles. The highest BCUT2D eigenvalue weighted by Gasteiger charge is 2.41. The highest BCUT2D eigenvalue weighted by Crippen LogP contribution is 2.43. The van der Waals surface area contributed by atoms with Gasteiger partial charge in [0.15, 0.2) is 0 Å². The zero-order valence-electron chi connectivity index (χ0n) is 8.60. The summed E-state index contributed by atoms with van der Waals surface area (Å²) >= 11 is 1.76. The van der Waals surface area contributed by atoms with E-state index in [1.807, 2.05) is 25.1 Å². The van der Waals surface area contributed by atoms with E-state index in [0.29, 0.717) is 5.56 Å². The van der Waals surface area contributed by atoms with Crippen molar-refractivity contribution in [2.75, 3.05) is 5.75 Å². The molecule has 0 aromatic heterocycles. The van der Waals surface area contributed by atoms with Crippen LogP contribution in [0.3, 0.4) is 0 Å². The predicted molar refractivity (Wildman–Crippen MR) is 61.6 cm³/mol. The second-order valence-corrected chi connectivity index (χ2v) is 5.29. The van der Waals surface area contributed by atoms with Gasteiger partial charge in [-0.2, -0.15) is 17.0 Å². The summed E-state index contributed by atoms with van der Waals surface area (Å²) in [5.74, 6) is 0.956. The number of aliphatic hydroxyl groups is 1. The van der Waals surface area contributed by atoms with Gasteiger partial charge in [0.1, 0.15) is 5.60 Å². The molecule has 0 unspecified atom stereocenters. The lowest BCUT2D eigenvalue weighted by Crippen LogP contribution is -2.32. The second-order valence-electron chi connectivity index (χ2n) is 3.84. The first-order valence-corrected chi connectivity index (χ1v) is 6.07. The Bertz CT molecular complexity index is 412. The van der Waals surface area contributed by atoms with E-state index in [4.69, 9.17) is 5.26 Å². The zero-order valence-corrected chi connectivity index (χ0v) is 9.42. The summed E-state index contributed by atoms with van der Waals surface area (Å²) < 4.78 is 0. The molecule has 1 aliphatic rings. The molecule has 78 valence electrons. The molecular weight excluding hydrogens is 206 g/mol. The highest BCUT2D eigenvalue weighted by atomic mass is 32.2. The van der Waals surface area contributed by atoms with E-state index >= 15 is 0 Å². The van der Waals surface area contributed by atoms with E-state index in [-0.39, 0.29) is 5.25 Å². The molecule has 2 atom stereocenters. The van der Waals surface area contributed by atoms with Crippen LogP contribution in [0.2, 0.25) is 0 Å². The fourth-order valence-electron chi connectivity index (χ4n) is 2.04. The van der Waals surface area contributed by atoms with Gasteiger partial charge in [0.2, 0.25) is 0 Å². The maximum absolute atomic E-state index is 10.6. The molecule has 1 saturated heterocycles. The molecule has 0 amide bonds. The minimum absolute atomic E-state index is 0.159. The van der Waals surface area contributed by atoms with Gasteiger partial charge >= 0.3 is 0 Å². The molecule has 2 nitrogen and oxygen atoms in total. The third-order valence-electron chi connectivity index (χ3n) is 3.04. The average Bonchev–Trinajstić information content (AvgIpc) is 2.60. The molecule has 0 spiro atoms. The Kier molecular flexibility index (Phi) is 2.72. The molecule has 1 N–H and O–H groups in total. The lowest BCUT2D eigenvalue weighted by atomic mass is 9.86. The summed E-state index contributed by atoms with van der Waals surface area (Å²) in [7, 11) is 0. The molecule has 2 rings (SSSR count). The normalized spacial score (nSPS) is 30.1. The Morgan fingerprint density at radius 1 is 1.53 bits per heavy atom. The largest absolute Gasteiger partial charge is 0.384 e. The van der Waals surface area contributed by atoms with E-state index in [1.54, 1.807) is 17.8 Å². The van der Waals surface area contributed by atoms with E-state index in [1.165, 1.54) is 0 Å². The first kappa shape index (κ1) is 10.5. The zero-order chi connectivity index (χ0) is 10.9. The highest BCUT2D eigenvalue weighted by molar-refractivity contribution is 8.00. The van der Waals surface area contributed by atoms with Crippen molar-refractivity contribution in [3.8, 4) is 6.07 Å². The average molecular weight is 219 g/mol. The van der Waals surface area contributed by atoms with Gasteiger partial charge < -0.3 is 5.11 Å². The molecule has 0 aliphatic carbocycles. The third-order valence-corrected chi connectivity index (χ3v) is 4.37. The number of hydrogen-bond acceptors (Lipinski definition) is 3. The van der Waals surface area contributed by atoms with Gasteiger partial charge in [-0.1, -0.05) is 25.1 Å². The van der Waals surface area contributed by atoms with Gasteiger partial charge in [0.25, 0.3) is 0 Å². The fraction of sp³-hybridized carbons (Fsp3) is 0.417. The van der Waals surface area contributed by atoms with Crippen molar-refractivity contribution >= 4 is 11.8 Å². The maximum Gasteiger partial charge on any atom is 0.103 e. The van der Waals surface area contributed by atoms with Crippen LogP contribution in [0.15, 0.2) is 24.3 Å². The fourth-order valence-corrected chi connectivity index (χ4v) is 3.35. The Morgan fingerprint density at radius 2 is 2.27 bits per heavy atom. The van der Waals surface area contributed by atoms with Crippen LogP contribution in [-0.4, -0.2) is 16.1 Å². The monoisotopic (exact) mass is 219 g/mol. The number of thioether (sulfide) groups is 1. The van der Waals surface area contributed by atoms with Crippen molar-refractivity contribution in [1.82, 2.24) is 0 Å². The smallest absolute Gasteiger partial charge is 0.103 e. The van der Waals surface area contributed by atoms with Crippen molar-refractivity contribution in [3.05, 3.63) is 35.4 Å². The molecule has 1 fully saturated rings. The molecule has 3 heteroatoms. The molecule has 1 aromatic carbocycles. The number of benzene rings is 1. The summed E-state index contributed by atoms with van der Waals surface area (Å²) in [6.45, 7) is 2.02. The van der Waals surface area contributed by atoms with Crippen LogP contribution in [0.25, 0.3) is 0 Å². The Labute approximate surface area is 93.9 Å². The molecule has 1 aromatic rings. The molecule has 0 radical (unpaired) electrons. The van der Waals surface area contributed by atoms with Crippen LogP contribution in [0, 0.1) is 11.3 Å². The first-order valence-electron chi connectivity index (χ1n) is 5.02. The van der Waals surface area contributed by atoms with Crippen molar-refractivity contribution in [3.63, 3.8) is 0 Å². The van der Waals surface area contributed by atoms with Crippen LogP contribution in [0.1, 0.15) is 24.5 Å². The predicted octanol–water partition coefficient (Wildman–Crippen LogP) is 2.27. The molecule has 0 bridgehead atoms. The Hall–Kier alpha value is -0.980. The van der Waals surface area contributed by atoms with Gasteiger partial charge in [-0.3, -0.25) is 0 Å². The van der Waals surface area contributed by atoms with Crippen LogP contribution in [-0.2, 0) is 5.60 Å². The number of nitrogens with zero attached hydrogens (tertiary/aromatic N) is 1. The SMILES string of the molecule is C[C@@H]1SCC[C@]1(O)c1ccccc1C#N. The minimum atomic E-state index is -0.822. The molecule has 1 heterocycles. The number of rotatable bonds is 1. The van der Waals surface area contributed by atoms with Crippen molar-refractivity contribution in [2.24, 2.45) is 0 Å². The number of hydrogen-bond donors (Lipinski definition) is 1. The van der Waals surface area contributed by atoms with Crippen LogP contribution in [0.5, 0.6) is 0 Å². The van der Waals surface area contributed by atoms with E-state index < -0.39 is 5.60 Å². The summed E-state index contributed by atoms with van der Waals surface area (Å²) in [4.78, 5) is 0. The van der Waals surface area contributed by atoms with E-state index in [2.05, 4.69) is 6.07 Å². The minimum Gasteiger partial charge on any atom is -0.384 e. The van der Waals surface area contributed by atoms with E-state index in [0.717, 1.165) is 17.7 Å². The Morgan fingerprint density at radius 3 is 2.87 bits per heavy atom. The number of nitriles is 1. The summed E-state index contributed by atoms with van der Waals surface area (Å²) in [5.41, 5.74) is 0.552. The molecule has 1 aliphatic heterocycles. The lowest BCUT2D eigenvalue weighted by Gasteiger charge is -2.28. The van der Waals surface area contributed by atoms with Crippen molar-refractivity contribution < 1.29 is 5.11 Å². The van der Waals surface area contributed by atoms with Crippen LogP contribution >= 0.6 is 11.8 Å². The lowest BCUT2D eigenvalue weighted by molar-refractivity contribution is 0.0424. The second kappa shape index (κ2) is 3.88. The Balaban J connectivity index is 2.49. The maximum atomic E-state index is 10.6. The van der Waals surface area contributed by atoms with Gasteiger partial charge in [0, 0.05) is 10.8 Å². The topological polar surface area (TPSA) is 44.0 Å². The quantitative estimate of drug-likeness (QED) is 0.788. The van der Waals surface area contributed by atoms with E-state index in [9.17, 15) is 5.11 Å². The molecule has 15 heavy (non-hydrogen) atoms. The van der Waals surface area contributed by atoms with Crippen molar-refractivity contribution in [1.29, 1.82) is 5.26 Å². The third kappa shape index (κ3) is 1.64. The first-order chi connectivity index (χ1) is 7.18. The summed E-state index contributed by atoms with van der Waals surface area (Å²) in [5, 5.41) is 19.7. The van der Waals surface area contributed by atoms with Crippen LogP contribution < -0.4 is 0 Å². The molecular formula is C12H13NOS. The standard InChI is InChI=1S/C12H13NOS/c1-9-12(14,6-7-15-9)11-5-3-2-4-10(11)8-13/h2-5,9,14H,6-7H2,1H3/t9-,12+/m0/s1. The van der Waals surface area contributed by atoms with Gasteiger partial charge in [-0.25, -0.2) is 0 Å². The van der Waals surface area contributed by atoms with Crippen LogP contribution in [0.4, 0.5) is 0 Å². The van der Waals surface area contributed by atoms with Gasteiger partial charge in [-0.05, 0) is 18.2 Å². The van der Waals surface area contributed by atoms with Crippen molar-refractivity contribution in [2.45, 2.75) is 24.2 Å². The summed E-state index contributed by atoms with van der Waals surface area (Å²) in [6, 6.07) is 9.49.